The molecular weight excluding hydrogens is 420 g/mol. The number of ketones is 1. The van der Waals surface area contributed by atoms with Crippen molar-refractivity contribution in [1.29, 1.82) is 5.26 Å². The van der Waals surface area contributed by atoms with Crippen LogP contribution in [0.2, 0.25) is 0 Å². The molecule has 1 atom stereocenters. The first-order chi connectivity index (χ1) is 14.5. The Hall–Kier alpha value is -2.86. The molecule has 1 aromatic rings. The summed E-state index contributed by atoms with van der Waals surface area (Å²) in [6.07, 6.45) is 2.63. The van der Waals surface area contributed by atoms with Crippen LogP contribution in [0, 0.1) is 17.2 Å². The zero-order chi connectivity index (χ0) is 23.2. The molecule has 0 radical (unpaired) electrons. The van der Waals surface area contributed by atoms with E-state index < -0.39 is 21.5 Å². The van der Waals surface area contributed by atoms with Crippen molar-refractivity contribution in [3.63, 3.8) is 0 Å². The largest absolute Gasteiger partial charge is 0.445 e. The molecule has 0 aromatic heterocycles. The Morgan fingerprint density at radius 3 is 2.58 bits per heavy atom. The van der Waals surface area contributed by atoms with Crippen LogP contribution in [0.4, 0.5) is 4.79 Å². The number of hydrogen-bond donors (Lipinski definition) is 1. The molecule has 0 fully saturated rings. The Bertz CT molecular complexity index is 1010. The summed E-state index contributed by atoms with van der Waals surface area (Å²) in [5.41, 5.74) is 0.750. The number of alkyl carbamates (subject to hydrolysis) is 1. The fourth-order valence-corrected chi connectivity index (χ4v) is 4.67. The van der Waals surface area contributed by atoms with E-state index in [2.05, 4.69) is 5.32 Å². The lowest BCUT2D eigenvalue weighted by molar-refractivity contribution is -0.118. The summed E-state index contributed by atoms with van der Waals surface area (Å²) in [4.78, 5) is 24.1. The average molecular weight is 449 g/mol. The van der Waals surface area contributed by atoms with Crippen LogP contribution in [0.1, 0.15) is 58.1 Å². The predicted molar refractivity (Wildman–Crippen MR) is 115 cm³/mol. The maximum atomic E-state index is 13.0. The Morgan fingerprint density at radius 1 is 1.26 bits per heavy atom. The molecule has 1 aliphatic carbocycles. The fraction of sp³-hybridized carbons (Fsp3) is 0.500. The third-order valence-corrected chi connectivity index (χ3v) is 6.28. The van der Waals surface area contributed by atoms with Crippen LogP contribution in [0.15, 0.2) is 29.8 Å². The number of hydrogen-bond acceptors (Lipinski definition) is 7. The number of ether oxygens (including phenoxy) is 1. The second-order valence-electron chi connectivity index (χ2n) is 7.99. The number of carbonyl (C=O) groups is 2. The van der Waals surface area contributed by atoms with Crippen LogP contribution in [-0.2, 0) is 26.3 Å². The van der Waals surface area contributed by atoms with Gasteiger partial charge < -0.3 is 14.2 Å². The van der Waals surface area contributed by atoms with Gasteiger partial charge in [-0.2, -0.15) is 13.7 Å². The minimum atomic E-state index is -4.18. The molecule has 0 aliphatic heterocycles. The van der Waals surface area contributed by atoms with Gasteiger partial charge in [0, 0.05) is 17.5 Å². The molecule has 9 heteroatoms. The zero-order valence-corrected chi connectivity index (χ0v) is 19.0. The second kappa shape index (κ2) is 10.4. The van der Waals surface area contributed by atoms with Crippen LogP contribution < -0.4 is 9.50 Å². The highest BCUT2D eigenvalue weighted by Gasteiger charge is 2.37. The van der Waals surface area contributed by atoms with Crippen LogP contribution >= 0.6 is 0 Å². The number of carbonyl (C=O) groups excluding carboxylic acids is 2. The fourth-order valence-electron chi connectivity index (χ4n) is 3.18. The molecule has 1 unspecified atom stereocenters. The van der Waals surface area contributed by atoms with Gasteiger partial charge in [-0.25, -0.2) is 4.79 Å². The van der Waals surface area contributed by atoms with Gasteiger partial charge in [0.15, 0.2) is 11.5 Å². The molecule has 2 rings (SSSR count). The van der Waals surface area contributed by atoms with Crippen molar-refractivity contribution >= 4 is 22.0 Å². The molecule has 168 valence electrons. The van der Waals surface area contributed by atoms with Crippen LogP contribution in [0.3, 0.4) is 0 Å². The molecule has 1 N–H and O–H groups in total. The summed E-state index contributed by atoms with van der Waals surface area (Å²) in [6, 6.07) is 6.11. The van der Waals surface area contributed by atoms with Crippen LogP contribution in [-0.4, -0.2) is 31.6 Å². The molecule has 1 amide bonds. The molecular formula is C22H28N2O6S. The normalized spacial score (nSPS) is 16.4. The van der Waals surface area contributed by atoms with Gasteiger partial charge in [-0.1, -0.05) is 26.0 Å². The number of benzene rings is 1. The number of allylic oxidation sites excluding steroid dienone is 1. The van der Waals surface area contributed by atoms with Crippen LogP contribution in [0.5, 0.6) is 5.75 Å². The highest BCUT2D eigenvalue weighted by Crippen LogP contribution is 2.31. The Labute approximate surface area is 183 Å². The summed E-state index contributed by atoms with van der Waals surface area (Å²) in [5.74, 6) is -0.673. The number of rotatable bonds is 8. The van der Waals surface area contributed by atoms with Crippen molar-refractivity contribution < 1.29 is 26.9 Å². The van der Waals surface area contributed by atoms with E-state index in [1.165, 1.54) is 18.2 Å². The van der Waals surface area contributed by atoms with Crippen molar-refractivity contribution in [3.05, 3.63) is 41.0 Å². The number of nitriles is 1. The van der Waals surface area contributed by atoms with Crippen molar-refractivity contribution in [2.24, 2.45) is 5.92 Å². The summed E-state index contributed by atoms with van der Waals surface area (Å²) >= 11 is 0. The number of amides is 1. The van der Waals surface area contributed by atoms with Crippen molar-refractivity contribution in [1.82, 2.24) is 5.32 Å². The Balaban J connectivity index is 2.20. The smallest absolute Gasteiger partial charge is 0.407 e. The van der Waals surface area contributed by atoms with E-state index >= 15 is 0 Å². The minimum Gasteiger partial charge on any atom is -0.445 e. The second-order valence-corrected chi connectivity index (χ2v) is 9.71. The lowest BCUT2D eigenvalue weighted by Crippen LogP contribution is -2.34. The first-order valence-electron chi connectivity index (χ1n) is 10.2. The van der Waals surface area contributed by atoms with Gasteiger partial charge in [-0.15, -0.1) is 0 Å². The number of nitrogens with zero attached hydrogens (tertiary/aromatic N) is 1. The standard InChI is InChI=1S/C22H28N2O6S/c1-14(2)21(25)18-7-5-6-8-20(18)31(27,28)30-19-10-9-16(11-17(19)12-23)13-29-22(26)24-15(3)4/h7,9-11,14-15,20H,5-6,8,13H2,1-4H3,(H,24,26). The van der Waals surface area contributed by atoms with Gasteiger partial charge in [0.2, 0.25) is 0 Å². The SMILES string of the molecule is CC(C)NC(=O)OCc1ccc(OS(=O)(=O)C2CCCC=C2C(=O)C(C)C)c(C#N)c1. The van der Waals surface area contributed by atoms with Crippen LogP contribution in [0.25, 0.3) is 0 Å². The van der Waals surface area contributed by atoms with Crippen molar-refractivity contribution in [2.75, 3.05) is 0 Å². The summed E-state index contributed by atoms with van der Waals surface area (Å²) in [7, 11) is -4.18. The van der Waals surface area contributed by atoms with E-state index in [1.54, 1.807) is 33.8 Å². The maximum absolute atomic E-state index is 13.0. The molecule has 0 spiro atoms. The molecule has 1 aliphatic rings. The van der Waals surface area contributed by atoms with Gasteiger partial charge in [0.1, 0.15) is 17.9 Å². The van der Waals surface area contributed by atoms with Gasteiger partial charge in [0.25, 0.3) is 0 Å². The summed E-state index contributed by atoms with van der Waals surface area (Å²) in [6.45, 7) is 6.95. The van der Waals surface area contributed by atoms with Gasteiger partial charge in [-0.3, -0.25) is 4.79 Å². The molecule has 0 heterocycles. The van der Waals surface area contributed by atoms with E-state index in [0.717, 1.165) is 0 Å². The van der Waals surface area contributed by atoms with Crippen molar-refractivity contribution in [2.45, 2.75) is 64.9 Å². The molecule has 1 aromatic carbocycles. The van der Waals surface area contributed by atoms with Gasteiger partial charge >= 0.3 is 16.2 Å². The first kappa shape index (κ1) is 24.4. The molecule has 0 saturated heterocycles. The van der Waals surface area contributed by atoms with E-state index in [1.807, 2.05) is 6.07 Å². The number of Topliss-reactive ketones (excluding diaryl/α,β-unsaturated/α-hetero) is 1. The molecule has 0 bridgehead atoms. The monoisotopic (exact) mass is 448 g/mol. The Morgan fingerprint density at radius 2 is 1.97 bits per heavy atom. The molecule has 8 nitrogen and oxygen atoms in total. The van der Waals surface area contributed by atoms with E-state index in [4.69, 9.17) is 8.92 Å². The lowest BCUT2D eigenvalue weighted by atomic mass is 9.91. The highest BCUT2D eigenvalue weighted by molar-refractivity contribution is 7.88. The number of nitrogens with one attached hydrogen (secondary N) is 1. The van der Waals surface area contributed by atoms with E-state index in [0.29, 0.717) is 18.4 Å². The molecule has 31 heavy (non-hydrogen) atoms. The third-order valence-electron chi connectivity index (χ3n) is 4.69. The lowest BCUT2D eigenvalue weighted by Gasteiger charge is -2.24. The maximum Gasteiger partial charge on any atom is 0.407 e. The third kappa shape index (κ3) is 6.56. The minimum absolute atomic E-state index is 0.00883. The topological polar surface area (TPSA) is 123 Å². The summed E-state index contributed by atoms with van der Waals surface area (Å²) < 4.78 is 36.3. The van der Waals surface area contributed by atoms with Gasteiger partial charge in [0.05, 0.1) is 5.56 Å². The summed E-state index contributed by atoms with van der Waals surface area (Å²) in [5, 5.41) is 11.0. The van der Waals surface area contributed by atoms with E-state index in [9.17, 15) is 23.3 Å². The van der Waals surface area contributed by atoms with Gasteiger partial charge in [-0.05, 0) is 50.8 Å². The molecule has 0 saturated carbocycles. The van der Waals surface area contributed by atoms with E-state index in [-0.39, 0.29) is 47.7 Å². The first-order valence-corrected chi connectivity index (χ1v) is 11.7. The zero-order valence-electron chi connectivity index (χ0n) is 18.2. The van der Waals surface area contributed by atoms with Crippen molar-refractivity contribution in [3.8, 4) is 11.8 Å². The quantitative estimate of drug-likeness (QED) is 0.603. The Kier molecular flexibility index (Phi) is 8.22. The predicted octanol–water partition coefficient (Wildman–Crippen LogP) is 3.61. The highest BCUT2D eigenvalue weighted by atomic mass is 32.2. The average Bonchev–Trinajstić information content (AvgIpc) is 2.71.